The van der Waals surface area contributed by atoms with Crippen molar-refractivity contribution in [3.8, 4) is 0 Å². The van der Waals surface area contributed by atoms with Crippen LogP contribution in [-0.2, 0) is 11.3 Å². The van der Waals surface area contributed by atoms with Crippen molar-refractivity contribution >= 4 is 17.2 Å². The summed E-state index contributed by atoms with van der Waals surface area (Å²) in [6.45, 7) is 4.62. The zero-order chi connectivity index (χ0) is 18.4. The largest absolute Gasteiger partial charge is 0.347 e. The third-order valence-corrected chi connectivity index (χ3v) is 5.45. The molecule has 0 saturated heterocycles. The molecule has 2 atom stereocenters. The van der Waals surface area contributed by atoms with Gasteiger partial charge in [-0.05, 0) is 30.9 Å². The second-order valence-corrected chi connectivity index (χ2v) is 7.57. The van der Waals surface area contributed by atoms with E-state index in [9.17, 15) is 4.79 Å². The second kappa shape index (κ2) is 8.79. The summed E-state index contributed by atoms with van der Waals surface area (Å²) in [7, 11) is 0. The zero-order valence-corrected chi connectivity index (χ0v) is 16.0. The van der Waals surface area contributed by atoms with Gasteiger partial charge in [0, 0.05) is 12.1 Å². The van der Waals surface area contributed by atoms with Crippen molar-refractivity contribution < 1.29 is 10.1 Å². The molecule has 3 N–H and O–H groups in total. The van der Waals surface area contributed by atoms with Gasteiger partial charge in [-0.1, -0.05) is 66.2 Å². The van der Waals surface area contributed by atoms with Crippen LogP contribution in [0.5, 0.6) is 0 Å². The maximum absolute atomic E-state index is 12.6. The smallest absolute Gasteiger partial charge is 0.278 e. The van der Waals surface area contributed by atoms with E-state index >= 15 is 0 Å². The van der Waals surface area contributed by atoms with E-state index < -0.39 is 0 Å². The Balaban J connectivity index is 1.68. The molecule has 3 aromatic rings. The number of thiophene rings is 1. The number of carbonyl (C=O) groups is 1. The van der Waals surface area contributed by atoms with Crippen LogP contribution in [-0.4, -0.2) is 11.9 Å². The maximum atomic E-state index is 12.6. The van der Waals surface area contributed by atoms with Crippen molar-refractivity contribution in [2.24, 2.45) is 0 Å². The first-order valence-electron chi connectivity index (χ1n) is 8.90. The summed E-state index contributed by atoms with van der Waals surface area (Å²) in [6, 6.07) is 22.7. The van der Waals surface area contributed by atoms with Crippen LogP contribution >= 0.6 is 11.3 Å². The number of hydrogen-bond acceptors (Lipinski definition) is 2. The Morgan fingerprint density at radius 1 is 1.04 bits per heavy atom. The zero-order valence-electron chi connectivity index (χ0n) is 15.2. The van der Waals surface area contributed by atoms with E-state index in [1.165, 1.54) is 16.0 Å². The van der Waals surface area contributed by atoms with Crippen LogP contribution in [0.1, 0.15) is 34.5 Å². The summed E-state index contributed by atoms with van der Waals surface area (Å²) in [5.74, 6) is 0.0579. The first-order chi connectivity index (χ1) is 12.6. The van der Waals surface area contributed by atoms with Crippen LogP contribution in [0.2, 0.25) is 0 Å². The minimum atomic E-state index is -0.174. The molecule has 0 radical (unpaired) electrons. The number of aryl methyl sites for hydroxylation is 1. The van der Waals surface area contributed by atoms with Gasteiger partial charge in [-0.15, -0.1) is 11.3 Å². The van der Waals surface area contributed by atoms with Gasteiger partial charge in [-0.2, -0.15) is 0 Å². The molecule has 1 aromatic heterocycles. The van der Waals surface area contributed by atoms with Crippen molar-refractivity contribution in [3.63, 3.8) is 0 Å². The normalized spacial score (nSPS) is 13.2. The van der Waals surface area contributed by atoms with Gasteiger partial charge in [0.2, 0.25) is 0 Å². The average molecular weight is 366 g/mol. The Bertz CT molecular complexity index is 813. The predicted molar refractivity (Wildman–Crippen MR) is 107 cm³/mol. The fraction of sp³-hybridized carbons (Fsp3) is 0.227. The lowest BCUT2D eigenvalue weighted by Crippen LogP contribution is -2.92. The Kier molecular flexibility index (Phi) is 6.21. The number of carbonyl (C=O) groups excluding carboxylic acids is 1. The topological polar surface area (TPSA) is 45.7 Å². The van der Waals surface area contributed by atoms with E-state index in [2.05, 4.69) is 59.3 Å². The SMILES string of the molecule is Cc1ccc([C@H]([NH2+][C@H](C)C(=O)NCc2ccccc2)c2cccs2)cc1. The first kappa shape index (κ1) is 18.4. The van der Waals surface area contributed by atoms with Crippen molar-refractivity contribution in [1.29, 1.82) is 0 Å². The van der Waals surface area contributed by atoms with E-state index in [1.54, 1.807) is 11.3 Å². The van der Waals surface area contributed by atoms with E-state index in [-0.39, 0.29) is 18.0 Å². The lowest BCUT2D eigenvalue weighted by atomic mass is 10.0. The Morgan fingerprint density at radius 3 is 2.42 bits per heavy atom. The van der Waals surface area contributed by atoms with Gasteiger partial charge in [0.1, 0.15) is 6.04 Å². The van der Waals surface area contributed by atoms with Crippen LogP contribution in [0.4, 0.5) is 0 Å². The molecule has 0 fully saturated rings. The molecule has 1 amide bonds. The molecule has 0 aliphatic rings. The summed E-state index contributed by atoms with van der Waals surface area (Å²) in [6.07, 6.45) is 0. The number of quaternary nitrogens is 1. The minimum Gasteiger partial charge on any atom is -0.347 e. The number of nitrogens with two attached hydrogens (primary N) is 1. The third kappa shape index (κ3) is 4.81. The fourth-order valence-corrected chi connectivity index (χ4v) is 3.77. The summed E-state index contributed by atoms with van der Waals surface area (Å²) in [5, 5.41) is 7.28. The van der Waals surface area contributed by atoms with Gasteiger partial charge in [0.05, 0.1) is 4.88 Å². The Hall–Kier alpha value is -2.43. The second-order valence-electron chi connectivity index (χ2n) is 6.59. The molecule has 134 valence electrons. The van der Waals surface area contributed by atoms with E-state index in [4.69, 9.17) is 0 Å². The number of hydrogen-bond donors (Lipinski definition) is 2. The van der Waals surface area contributed by atoms with Crippen molar-refractivity contribution in [2.75, 3.05) is 0 Å². The lowest BCUT2D eigenvalue weighted by molar-refractivity contribution is -0.704. The summed E-state index contributed by atoms with van der Waals surface area (Å²) in [5.41, 5.74) is 3.58. The third-order valence-electron chi connectivity index (χ3n) is 4.49. The van der Waals surface area contributed by atoms with Crippen LogP contribution < -0.4 is 10.6 Å². The highest BCUT2D eigenvalue weighted by molar-refractivity contribution is 7.10. The van der Waals surface area contributed by atoms with Crippen LogP contribution in [0.15, 0.2) is 72.1 Å². The van der Waals surface area contributed by atoms with Crippen molar-refractivity contribution in [1.82, 2.24) is 5.32 Å². The van der Waals surface area contributed by atoms with Crippen molar-refractivity contribution in [3.05, 3.63) is 93.7 Å². The molecular formula is C22H25N2OS+. The monoisotopic (exact) mass is 365 g/mol. The Morgan fingerprint density at radius 2 is 1.77 bits per heavy atom. The number of benzene rings is 2. The van der Waals surface area contributed by atoms with Gasteiger partial charge >= 0.3 is 0 Å². The van der Waals surface area contributed by atoms with E-state index in [0.717, 1.165) is 5.56 Å². The Labute approximate surface area is 159 Å². The van der Waals surface area contributed by atoms with Gasteiger partial charge in [0.15, 0.2) is 6.04 Å². The lowest BCUT2D eigenvalue weighted by Gasteiger charge is -2.19. The van der Waals surface area contributed by atoms with E-state index in [0.29, 0.717) is 6.54 Å². The molecule has 0 spiro atoms. The number of rotatable bonds is 7. The summed E-state index contributed by atoms with van der Waals surface area (Å²) >= 11 is 1.73. The highest BCUT2D eigenvalue weighted by Gasteiger charge is 2.25. The molecular weight excluding hydrogens is 340 g/mol. The van der Waals surface area contributed by atoms with Gasteiger partial charge < -0.3 is 10.6 Å². The molecule has 0 aliphatic heterocycles. The molecule has 2 aromatic carbocycles. The molecule has 26 heavy (non-hydrogen) atoms. The standard InChI is InChI=1S/C22H24N2OS/c1-16-10-12-19(13-11-16)21(20-9-6-14-26-20)24-17(2)22(25)23-15-18-7-4-3-5-8-18/h3-14,17,21,24H,15H2,1-2H3,(H,23,25)/p+1/t17-,21+/m1/s1. The predicted octanol–water partition coefficient (Wildman–Crippen LogP) is 3.41. The number of amides is 1. The summed E-state index contributed by atoms with van der Waals surface area (Å²) in [4.78, 5) is 13.8. The summed E-state index contributed by atoms with van der Waals surface area (Å²) < 4.78 is 0. The maximum Gasteiger partial charge on any atom is 0.278 e. The first-order valence-corrected chi connectivity index (χ1v) is 9.78. The number of nitrogens with one attached hydrogen (secondary N) is 1. The van der Waals surface area contributed by atoms with Gasteiger partial charge in [0.25, 0.3) is 5.91 Å². The molecule has 3 rings (SSSR count). The quantitative estimate of drug-likeness (QED) is 0.662. The fourth-order valence-electron chi connectivity index (χ4n) is 2.93. The van der Waals surface area contributed by atoms with E-state index in [1.807, 2.05) is 37.3 Å². The van der Waals surface area contributed by atoms with Gasteiger partial charge in [-0.3, -0.25) is 4.79 Å². The van der Waals surface area contributed by atoms with Crippen LogP contribution in [0, 0.1) is 6.92 Å². The molecule has 3 nitrogen and oxygen atoms in total. The van der Waals surface area contributed by atoms with Crippen LogP contribution in [0.25, 0.3) is 0 Å². The van der Waals surface area contributed by atoms with Crippen molar-refractivity contribution in [2.45, 2.75) is 32.5 Å². The van der Waals surface area contributed by atoms with Gasteiger partial charge in [-0.25, -0.2) is 0 Å². The molecule has 0 bridgehead atoms. The molecule has 0 unspecified atom stereocenters. The molecule has 0 aliphatic carbocycles. The average Bonchev–Trinajstić information content (AvgIpc) is 3.20. The highest BCUT2D eigenvalue weighted by Crippen LogP contribution is 2.23. The molecule has 0 saturated carbocycles. The molecule has 4 heteroatoms. The minimum absolute atomic E-state index is 0.0579. The molecule has 1 heterocycles. The van der Waals surface area contributed by atoms with Crippen LogP contribution in [0.3, 0.4) is 0 Å². The highest BCUT2D eigenvalue weighted by atomic mass is 32.1.